The highest BCUT2D eigenvalue weighted by molar-refractivity contribution is 7.13. The van der Waals surface area contributed by atoms with Gasteiger partial charge < -0.3 is 15.4 Å². The van der Waals surface area contributed by atoms with Crippen LogP contribution < -0.4 is 5.32 Å². The maximum absolute atomic E-state index is 11.6. The van der Waals surface area contributed by atoms with Crippen LogP contribution in [-0.2, 0) is 6.42 Å². The number of thiazole rings is 1. The Bertz CT molecular complexity index is 591. The number of rotatable bonds is 5. The molecule has 0 saturated heterocycles. The van der Waals surface area contributed by atoms with Crippen LogP contribution in [0.15, 0.2) is 12.5 Å². The van der Waals surface area contributed by atoms with Gasteiger partial charge in [0.15, 0.2) is 0 Å². The van der Waals surface area contributed by atoms with E-state index in [1.165, 1.54) is 12.5 Å². The van der Waals surface area contributed by atoms with Crippen molar-refractivity contribution < 1.29 is 14.7 Å². The molecule has 2 rings (SSSR count). The standard InChI is InChI=1S/C11H12N4O3S/c1-6-9(11(17)18)19-8(15-6)2-3-13-10(16)7-4-12-5-14-7/h4-5H,2-3H2,1H3,(H,12,14)(H,13,16)(H,17,18). The largest absolute Gasteiger partial charge is 0.477 e. The van der Waals surface area contributed by atoms with Crippen LogP contribution in [-0.4, -0.2) is 38.5 Å². The van der Waals surface area contributed by atoms with Crippen molar-refractivity contribution in [2.45, 2.75) is 13.3 Å². The molecule has 19 heavy (non-hydrogen) atoms. The van der Waals surface area contributed by atoms with E-state index in [1.807, 2.05) is 0 Å². The van der Waals surface area contributed by atoms with Crippen molar-refractivity contribution in [3.8, 4) is 0 Å². The lowest BCUT2D eigenvalue weighted by Crippen LogP contribution is -2.25. The fourth-order valence-corrected chi connectivity index (χ4v) is 2.42. The SMILES string of the molecule is Cc1nc(CCNC(=O)c2cnc[nH]2)sc1C(=O)O. The number of carbonyl (C=O) groups excluding carboxylic acids is 1. The minimum absolute atomic E-state index is 0.245. The van der Waals surface area contributed by atoms with Crippen molar-refractivity contribution in [3.63, 3.8) is 0 Å². The van der Waals surface area contributed by atoms with Gasteiger partial charge in [0.1, 0.15) is 10.6 Å². The van der Waals surface area contributed by atoms with Crippen LogP contribution in [0.1, 0.15) is 30.9 Å². The van der Waals surface area contributed by atoms with Crippen molar-refractivity contribution in [3.05, 3.63) is 33.8 Å². The summed E-state index contributed by atoms with van der Waals surface area (Å²) in [6.07, 6.45) is 3.36. The van der Waals surface area contributed by atoms with Crippen molar-refractivity contribution in [1.29, 1.82) is 0 Å². The molecule has 0 fully saturated rings. The van der Waals surface area contributed by atoms with E-state index in [2.05, 4.69) is 20.3 Å². The van der Waals surface area contributed by atoms with E-state index in [0.717, 1.165) is 11.3 Å². The van der Waals surface area contributed by atoms with E-state index >= 15 is 0 Å². The number of carboxylic acids is 1. The van der Waals surface area contributed by atoms with E-state index in [-0.39, 0.29) is 10.8 Å². The predicted molar refractivity (Wildman–Crippen MR) is 68.4 cm³/mol. The lowest BCUT2D eigenvalue weighted by atomic mass is 10.4. The fraction of sp³-hybridized carbons (Fsp3) is 0.273. The number of carbonyl (C=O) groups is 2. The summed E-state index contributed by atoms with van der Waals surface area (Å²) in [7, 11) is 0. The summed E-state index contributed by atoms with van der Waals surface area (Å²) in [5.41, 5.74) is 0.897. The minimum Gasteiger partial charge on any atom is -0.477 e. The number of aromatic carboxylic acids is 1. The molecular weight excluding hydrogens is 268 g/mol. The van der Waals surface area contributed by atoms with Crippen LogP contribution in [0.4, 0.5) is 0 Å². The van der Waals surface area contributed by atoms with E-state index in [0.29, 0.717) is 29.4 Å². The van der Waals surface area contributed by atoms with E-state index in [1.54, 1.807) is 6.92 Å². The number of hydrogen-bond acceptors (Lipinski definition) is 5. The minimum atomic E-state index is -0.970. The normalized spacial score (nSPS) is 10.4. The first-order valence-corrected chi connectivity index (χ1v) is 6.35. The Morgan fingerprint density at radius 2 is 2.32 bits per heavy atom. The molecule has 2 heterocycles. The fourth-order valence-electron chi connectivity index (χ4n) is 1.52. The first kappa shape index (κ1) is 13.2. The number of nitrogens with one attached hydrogen (secondary N) is 2. The van der Waals surface area contributed by atoms with Crippen molar-refractivity contribution in [2.75, 3.05) is 6.54 Å². The Morgan fingerprint density at radius 3 is 2.89 bits per heavy atom. The van der Waals surface area contributed by atoms with Crippen LogP contribution in [0.25, 0.3) is 0 Å². The summed E-state index contributed by atoms with van der Waals surface area (Å²) in [5, 5.41) is 12.3. The zero-order chi connectivity index (χ0) is 13.8. The first-order valence-electron chi connectivity index (χ1n) is 5.54. The number of nitrogens with zero attached hydrogens (tertiary/aromatic N) is 2. The van der Waals surface area contributed by atoms with Gasteiger partial charge in [0.05, 0.1) is 23.2 Å². The quantitative estimate of drug-likeness (QED) is 0.752. The van der Waals surface area contributed by atoms with Gasteiger partial charge in [0, 0.05) is 13.0 Å². The topological polar surface area (TPSA) is 108 Å². The molecule has 0 radical (unpaired) electrons. The number of imidazole rings is 1. The molecule has 0 atom stereocenters. The molecule has 0 aliphatic rings. The third-order valence-corrected chi connectivity index (χ3v) is 3.61. The second kappa shape index (κ2) is 5.61. The molecule has 0 aliphatic carbocycles. The third kappa shape index (κ3) is 3.16. The summed E-state index contributed by atoms with van der Waals surface area (Å²) in [5.74, 6) is -1.22. The lowest BCUT2D eigenvalue weighted by molar-refractivity contribution is 0.0701. The Balaban J connectivity index is 1.88. The number of H-pyrrole nitrogens is 1. The molecule has 100 valence electrons. The number of carboxylic acid groups (broad SMARTS) is 1. The van der Waals surface area contributed by atoms with Gasteiger partial charge in [-0.15, -0.1) is 11.3 Å². The summed E-state index contributed by atoms with van der Waals surface area (Å²) >= 11 is 1.13. The van der Waals surface area contributed by atoms with Crippen molar-refractivity contribution in [1.82, 2.24) is 20.3 Å². The number of aromatic amines is 1. The summed E-state index contributed by atoms with van der Waals surface area (Å²) in [4.78, 5) is 33.3. The highest BCUT2D eigenvalue weighted by Crippen LogP contribution is 2.18. The summed E-state index contributed by atoms with van der Waals surface area (Å²) < 4.78 is 0. The van der Waals surface area contributed by atoms with Gasteiger partial charge in [0.2, 0.25) is 0 Å². The Kier molecular flexibility index (Phi) is 3.91. The summed E-state index contributed by atoms with van der Waals surface area (Å²) in [6.45, 7) is 2.05. The molecular formula is C11H12N4O3S. The van der Waals surface area contributed by atoms with E-state index < -0.39 is 5.97 Å². The highest BCUT2D eigenvalue weighted by atomic mass is 32.1. The van der Waals surface area contributed by atoms with Gasteiger partial charge in [-0.2, -0.15) is 0 Å². The average Bonchev–Trinajstić information content (AvgIpc) is 2.98. The van der Waals surface area contributed by atoms with Crippen LogP contribution in [0.5, 0.6) is 0 Å². The number of hydrogen-bond donors (Lipinski definition) is 3. The average molecular weight is 280 g/mol. The Hall–Kier alpha value is -2.22. The zero-order valence-corrected chi connectivity index (χ0v) is 11.0. The number of aryl methyl sites for hydroxylation is 1. The molecule has 3 N–H and O–H groups in total. The van der Waals surface area contributed by atoms with Crippen molar-refractivity contribution >= 4 is 23.2 Å². The monoisotopic (exact) mass is 280 g/mol. The smallest absolute Gasteiger partial charge is 0.347 e. The third-order valence-electron chi connectivity index (χ3n) is 2.40. The first-order chi connectivity index (χ1) is 9.08. The van der Waals surface area contributed by atoms with Gasteiger partial charge in [0.25, 0.3) is 5.91 Å². The molecule has 0 saturated carbocycles. The molecule has 0 aliphatic heterocycles. The Morgan fingerprint density at radius 1 is 1.53 bits per heavy atom. The molecule has 2 aromatic heterocycles. The molecule has 2 aromatic rings. The molecule has 0 unspecified atom stereocenters. The second-order valence-corrected chi connectivity index (χ2v) is 4.88. The molecule has 8 heteroatoms. The van der Waals surface area contributed by atoms with E-state index in [9.17, 15) is 9.59 Å². The maximum atomic E-state index is 11.6. The van der Waals surface area contributed by atoms with Gasteiger partial charge in [-0.25, -0.2) is 14.8 Å². The maximum Gasteiger partial charge on any atom is 0.347 e. The molecule has 7 nitrogen and oxygen atoms in total. The Labute approximate surface area is 112 Å². The second-order valence-electron chi connectivity index (χ2n) is 3.80. The number of aromatic nitrogens is 3. The van der Waals surface area contributed by atoms with Gasteiger partial charge >= 0.3 is 5.97 Å². The predicted octanol–water partition coefficient (Wildman–Crippen LogP) is 0.845. The summed E-state index contributed by atoms with van der Waals surface area (Å²) in [6, 6.07) is 0. The lowest BCUT2D eigenvalue weighted by Gasteiger charge is -2.00. The highest BCUT2D eigenvalue weighted by Gasteiger charge is 2.14. The molecule has 0 bridgehead atoms. The van der Waals surface area contributed by atoms with E-state index in [4.69, 9.17) is 5.11 Å². The molecule has 1 amide bonds. The van der Waals surface area contributed by atoms with Crippen molar-refractivity contribution in [2.24, 2.45) is 0 Å². The van der Waals surface area contributed by atoms with Gasteiger partial charge in [-0.3, -0.25) is 4.79 Å². The molecule has 0 spiro atoms. The zero-order valence-electron chi connectivity index (χ0n) is 10.1. The number of amides is 1. The van der Waals surface area contributed by atoms with Crippen LogP contribution in [0.2, 0.25) is 0 Å². The van der Waals surface area contributed by atoms with Gasteiger partial charge in [-0.05, 0) is 6.92 Å². The molecule has 0 aromatic carbocycles. The van der Waals surface area contributed by atoms with Crippen LogP contribution in [0.3, 0.4) is 0 Å². The van der Waals surface area contributed by atoms with Gasteiger partial charge in [-0.1, -0.05) is 0 Å². The van der Waals surface area contributed by atoms with Crippen LogP contribution in [0, 0.1) is 6.92 Å². The van der Waals surface area contributed by atoms with Crippen LogP contribution >= 0.6 is 11.3 Å².